The number of hydrogen-bond acceptors (Lipinski definition) is 7. The van der Waals surface area contributed by atoms with Crippen molar-refractivity contribution in [2.45, 2.75) is 46.6 Å². The van der Waals surface area contributed by atoms with Crippen molar-refractivity contribution >= 4 is 43.9 Å². The number of fused-ring (bicyclic) bond motifs is 1. The Morgan fingerprint density at radius 2 is 2.00 bits per heavy atom. The molecule has 0 aliphatic rings. The van der Waals surface area contributed by atoms with E-state index in [4.69, 9.17) is 0 Å². The van der Waals surface area contributed by atoms with Gasteiger partial charge in [0, 0.05) is 10.9 Å². The Balaban J connectivity index is 1.74. The number of carbonyl (C=O) groups excluding carboxylic acids is 1. The Morgan fingerprint density at radius 1 is 1.19 bits per heavy atom. The minimum absolute atomic E-state index is 0.215. The third-order valence-electron chi connectivity index (χ3n) is 5.36. The summed E-state index contributed by atoms with van der Waals surface area (Å²) in [6, 6.07) is 5.47. The van der Waals surface area contributed by atoms with Gasteiger partial charge in [-0.1, -0.05) is 43.4 Å². The third-order valence-corrected chi connectivity index (χ3v) is 7.23. The molecule has 1 aromatic carbocycles. The summed E-state index contributed by atoms with van der Waals surface area (Å²) in [4.78, 5) is 31.6. The smallest absolute Gasteiger partial charge is 0.263 e. The molecule has 0 aliphatic heterocycles. The van der Waals surface area contributed by atoms with Gasteiger partial charge in [-0.05, 0) is 43.4 Å². The van der Waals surface area contributed by atoms with Crippen LogP contribution in [0.1, 0.15) is 42.4 Å². The van der Waals surface area contributed by atoms with Crippen LogP contribution in [-0.4, -0.2) is 25.7 Å². The highest BCUT2D eigenvalue weighted by Crippen LogP contribution is 2.32. The summed E-state index contributed by atoms with van der Waals surface area (Å²) in [7, 11) is 0. The molecule has 3 heterocycles. The molecule has 0 saturated carbocycles. The van der Waals surface area contributed by atoms with E-state index in [1.807, 2.05) is 25.3 Å². The SMILES string of the molecule is CCc1nnc(NC(=O)C(CC)n2cnc3scc(-c4ccc(C)c(C)c4)c3c2=O)s1. The number of benzene rings is 1. The van der Waals surface area contributed by atoms with Crippen LogP contribution in [0.2, 0.25) is 0 Å². The highest BCUT2D eigenvalue weighted by Gasteiger charge is 2.23. The molecule has 1 N–H and O–H groups in total. The van der Waals surface area contributed by atoms with Crippen molar-refractivity contribution in [2.75, 3.05) is 5.32 Å². The fourth-order valence-corrected chi connectivity index (χ4v) is 5.02. The van der Waals surface area contributed by atoms with Gasteiger partial charge >= 0.3 is 0 Å². The maximum Gasteiger partial charge on any atom is 0.263 e. The molecule has 1 atom stereocenters. The average Bonchev–Trinajstić information content (AvgIpc) is 3.39. The van der Waals surface area contributed by atoms with Gasteiger partial charge < -0.3 is 0 Å². The molecule has 0 bridgehead atoms. The topological polar surface area (TPSA) is 89.8 Å². The lowest BCUT2D eigenvalue weighted by Gasteiger charge is -2.16. The zero-order chi connectivity index (χ0) is 22.1. The lowest BCUT2D eigenvalue weighted by Crippen LogP contribution is -2.33. The molecule has 0 aliphatic carbocycles. The Hall–Kier alpha value is -2.91. The average molecular weight is 454 g/mol. The number of aryl methyl sites for hydroxylation is 3. The van der Waals surface area contributed by atoms with E-state index in [2.05, 4.69) is 46.5 Å². The van der Waals surface area contributed by atoms with Crippen LogP contribution in [-0.2, 0) is 11.2 Å². The maximum atomic E-state index is 13.5. The van der Waals surface area contributed by atoms with Crippen molar-refractivity contribution in [3.05, 3.63) is 56.4 Å². The molecule has 7 nitrogen and oxygen atoms in total. The predicted molar refractivity (Wildman–Crippen MR) is 126 cm³/mol. The van der Waals surface area contributed by atoms with Crippen LogP contribution < -0.4 is 10.9 Å². The van der Waals surface area contributed by atoms with Gasteiger partial charge in [0.1, 0.15) is 15.9 Å². The van der Waals surface area contributed by atoms with Crippen LogP contribution in [0.15, 0.2) is 34.7 Å². The maximum absolute atomic E-state index is 13.5. The zero-order valence-corrected chi connectivity index (χ0v) is 19.4. The fraction of sp³-hybridized carbons (Fsp3) is 0.318. The summed E-state index contributed by atoms with van der Waals surface area (Å²) in [5, 5.41) is 14.6. The fourth-order valence-electron chi connectivity index (χ4n) is 3.43. The molecule has 1 unspecified atom stereocenters. The number of nitrogens with zero attached hydrogens (tertiary/aromatic N) is 4. The Kier molecular flexibility index (Phi) is 5.97. The number of rotatable bonds is 6. The van der Waals surface area contributed by atoms with Gasteiger partial charge in [-0.15, -0.1) is 21.5 Å². The van der Waals surface area contributed by atoms with E-state index in [0.717, 1.165) is 28.1 Å². The Bertz CT molecular complexity index is 1320. The highest BCUT2D eigenvalue weighted by atomic mass is 32.1. The minimum atomic E-state index is -0.689. The summed E-state index contributed by atoms with van der Waals surface area (Å²) in [6.07, 6.45) is 2.67. The molecule has 9 heteroatoms. The summed E-state index contributed by atoms with van der Waals surface area (Å²) in [5.74, 6) is -0.299. The van der Waals surface area contributed by atoms with Crippen molar-refractivity contribution in [2.24, 2.45) is 0 Å². The second kappa shape index (κ2) is 8.68. The summed E-state index contributed by atoms with van der Waals surface area (Å²) in [5.41, 5.74) is 3.97. The molecular weight excluding hydrogens is 430 g/mol. The first kappa shape index (κ1) is 21.3. The first-order valence-corrected chi connectivity index (χ1v) is 11.8. The monoisotopic (exact) mass is 453 g/mol. The van der Waals surface area contributed by atoms with Crippen LogP contribution in [0.5, 0.6) is 0 Å². The number of aromatic nitrogens is 4. The van der Waals surface area contributed by atoms with Crippen LogP contribution in [0.25, 0.3) is 21.3 Å². The lowest BCUT2D eigenvalue weighted by molar-refractivity contribution is -0.119. The van der Waals surface area contributed by atoms with Gasteiger partial charge in [0.05, 0.1) is 11.7 Å². The number of thiophene rings is 1. The van der Waals surface area contributed by atoms with Crippen molar-refractivity contribution in [3.63, 3.8) is 0 Å². The second-order valence-corrected chi connectivity index (χ2v) is 9.27. The van der Waals surface area contributed by atoms with E-state index in [-0.39, 0.29) is 11.5 Å². The number of hydrogen-bond donors (Lipinski definition) is 1. The van der Waals surface area contributed by atoms with Gasteiger partial charge in [0.15, 0.2) is 0 Å². The Morgan fingerprint density at radius 3 is 2.68 bits per heavy atom. The van der Waals surface area contributed by atoms with Gasteiger partial charge in [-0.3, -0.25) is 19.5 Å². The van der Waals surface area contributed by atoms with E-state index >= 15 is 0 Å². The molecule has 0 radical (unpaired) electrons. The molecular formula is C22H23N5O2S2. The molecule has 3 aromatic heterocycles. The number of carbonyl (C=O) groups is 1. The Labute approximate surface area is 187 Å². The van der Waals surface area contributed by atoms with Gasteiger partial charge in [0.25, 0.3) is 5.56 Å². The van der Waals surface area contributed by atoms with Crippen LogP contribution >= 0.6 is 22.7 Å². The van der Waals surface area contributed by atoms with Gasteiger partial charge in [-0.2, -0.15) is 0 Å². The number of anilines is 1. The highest BCUT2D eigenvalue weighted by molar-refractivity contribution is 7.17. The third kappa shape index (κ3) is 4.03. The van der Waals surface area contributed by atoms with Crippen molar-refractivity contribution < 1.29 is 4.79 Å². The minimum Gasteiger partial charge on any atom is -0.299 e. The molecule has 4 aromatic rings. The van der Waals surface area contributed by atoms with Crippen LogP contribution in [0.4, 0.5) is 5.13 Å². The molecule has 0 saturated heterocycles. The predicted octanol–water partition coefficient (Wildman–Crippen LogP) is 4.75. The van der Waals surface area contributed by atoms with Crippen LogP contribution in [0.3, 0.4) is 0 Å². The summed E-state index contributed by atoms with van der Waals surface area (Å²) >= 11 is 2.77. The zero-order valence-electron chi connectivity index (χ0n) is 17.8. The summed E-state index contributed by atoms with van der Waals surface area (Å²) < 4.78 is 1.43. The van der Waals surface area contributed by atoms with E-state index in [0.29, 0.717) is 21.8 Å². The summed E-state index contributed by atoms with van der Waals surface area (Å²) in [6.45, 7) is 7.97. The van der Waals surface area contributed by atoms with E-state index in [1.54, 1.807) is 0 Å². The van der Waals surface area contributed by atoms with Crippen molar-refractivity contribution in [1.82, 2.24) is 19.7 Å². The normalized spacial score (nSPS) is 12.3. The van der Waals surface area contributed by atoms with Crippen molar-refractivity contribution in [3.8, 4) is 11.1 Å². The second-order valence-electron chi connectivity index (χ2n) is 7.35. The molecule has 4 rings (SSSR count). The van der Waals surface area contributed by atoms with E-state index < -0.39 is 6.04 Å². The standard InChI is InChI=1S/C22H23N5O2S2/c1-5-16(19(28)24-22-26-25-17(6-2)31-22)27-11-23-20-18(21(27)29)15(10-30-20)14-8-7-12(3)13(4)9-14/h7-11,16H,5-6H2,1-4H3,(H,24,26,28). The first-order chi connectivity index (χ1) is 14.9. The van der Waals surface area contributed by atoms with Gasteiger partial charge in [0.2, 0.25) is 11.0 Å². The first-order valence-electron chi connectivity index (χ1n) is 10.1. The quantitative estimate of drug-likeness (QED) is 0.455. The lowest BCUT2D eigenvalue weighted by atomic mass is 10.0. The van der Waals surface area contributed by atoms with E-state index in [9.17, 15) is 9.59 Å². The molecule has 0 spiro atoms. The molecule has 0 fully saturated rings. The van der Waals surface area contributed by atoms with Gasteiger partial charge in [-0.25, -0.2) is 4.98 Å². The van der Waals surface area contributed by atoms with E-state index in [1.165, 1.54) is 39.1 Å². The van der Waals surface area contributed by atoms with Crippen LogP contribution in [0, 0.1) is 13.8 Å². The van der Waals surface area contributed by atoms with Crippen molar-refractivity contribution in [1.29, 1.82) is 0 Å². The number of nitrogens with one attached hydrogen (secondary N) is 1. The molecule has 31 heavy (non-hydrogen) atoms. The molecule has 160 valence electrons. The molecule has 1 amide bonds. The largest absolute Gasteiger partial charge is 0.299 e. The number of amides is 1.